The van der Waals surface area contributed by atoms with Crippen molar-refractivity contribution in [1.82, 2.24) is 19.7 Å². The Morgan fingerprint density at radius 3 is 2.44 bits per heavy atom. The zero-order chi connectivity index (χ0) is 17.6. The van der Waals surface area contributed by atoms with Crippen LogP contribution in [0, 0.1) is 0 Å². The van der Waals surface area contributed by atoms with Crippen LogP contribution in [0.15, 0.2) is 47.3 Å². The minimum absolute atomic E-state index is 0.000784. The van der Waals surface area contributed by atoms with Gasteiger partial charge in [0.2, 0.25) is 0 Å². The van der Waals surface area contributed by atoms with Gasteiger partial charge in [-0.1, -0.05) is 0 Å². The molecule has 1 aliphatic rings. The third-order valence-corrected chi connectivity index (χ3v) is 4.38. The Morgan fingerprint density at radius 2 is 1.80 bits per heavy atom. The van der Waals surface area contributed by atoms with Gasteiger partial charge in [-0.05, 0) is 36.2 Å². The van der Waals surface area contributed by atoms with Crippen LogP contribution in [0.2, 0.25) is 0 Å². The highest BCUT2D eigenvalue weighted by Crippen LogP contribution is 2.11. The second-order valence-electron chi connectivity index (χ2n) is 6.07. The molecule has 0 radical (unpaired) electrons. The number of aromatic nitrogens is 1. The molecule has 7 heteroatoms. The van der Waals surface area contributed by atoms with Crippen molar-refractivity contribution >= 4 is 11.9 Å². The number of rotatable bonds is 4. The maximum Gasteiger partial charge on any atom is 0.319 e. The summed E-state index contributed by atoms with van der Waals surface area (Å²) >= 11 is 0. The predicted molar refractivity (Wildman–Crippen MR) is 92.2 cm³/mol. The van der Waals surface area contributed by atoms with Gasteiger partial charge >= 0.3 is 6.03 Å². The molecule has 132 valence electrons. The summed E-state index contributed by atoms with van der Waals surface area (Å²) in [6.45, 7) is 2.75. The van der Waals surface area contributed by atoms with E-state index in [1.807, 2.05) is 19.2 Å². The van der Waals surface area contributed by atoms with E-state index in [0.717, 1.165) is 12.0 Å². The van der Waals surface area contributed by atoms with Crippen LogP contribution in [0.5, 0.6) is 0 Å². The van der Waals surface area contributed by atoms with Gasteiger partial charge in [0.1, 0.15) is 0 Å². The van der Waals surface area contributed by atoms with Gasteiger partial charge in [0.05, 0.1) is 6.26 Å². The fourth-order valence-electron chi connectivity index (χ4n) is 2.84. The number of nitrogens with zero attached hydrogens (tertiary/aromatic N) is 4. The van der Waals surface area contributed by atoms with E-state index in [4.69, 9.17) is 4.42 Å². The Bertz CT molecular complexity index is 694. The second-order valence-corrected chi connectivity index (χ2v) is 6.07. The van der Waals surface area contributed by atoms with Gasteiger partial charge in [-0.15, -0.1) is 0 Å². The van der Waals surface area contributed by atoms with Crippen LogP contribution in [0.25, 0.3) is 0 Å². The number of urea groups is 1. The predicted octanol–water partition coefficient (Wildman–Crippen LogP) is 1.73. The third kappa shape index (κ3) is 4.17. The lowest BCUT2D eigenvalue weighted by atomic mass is 10.2. The van der Waals surface area contributed by atoms with E-state index < -0.39 is 0 Å². The molecule has 0 aromatic carbocycles. The number of amides is 3. The number of furan rings is 1. The number of pyridine rings is 1. The SMILES string of the molecule is CN(CCc1ccncc1)C(=O)N1CCN(C(=O)c2ccco2)CC1. The molecule has 3 amide bonds. The summed E-state index contributed by atoms with van der Waals surface area (Å²) in [6, 6.07) is 7.27. The fraction of sp³-hybridized carbons (Fsp3) is 0.389. The van der Waals surface area contributed by atoms with E-state index in [2.05, 4.69) is 4.98 Å². The summed E-state index contributed by atoms with van der Waals surface area (Å²) in [7, 11) is 1.81. The van der Waals surface area contributed by atoms with E-state index in [-0.39, 0.29) is 11.9 Å². The van der Waals surface area contributed by atoms with Crippen molar-refractivity contribution < 1.29 is 14.0 Å². The van der Waals surface area contributed by atoms with E-state index in [1.54, 1.807) is 39.2 Å². The lowest BCUT2D eigenvalue weighted by Crippen LogP contribution is -2.53. The van der Waals surface area contributed by atoms with Crippen LogP contribution in [0.3, 0.4) is 0 Å². The molecule has 1 aliphatic heterocycles. The van der Waals surface area contributed by atoms with E-state index in [0.29, 0.717) is 38.5 Å². The fourth-order valence-corrected chi connectivity index (χ4v) is 2.84. The molecule has 0 aliphatic carbocycles. The lowest BCUT2D eigenvalue weighted by molar-refractivity contribution is 0.0615. The largest absolute Gasteiger partial charge is 0.459 e. The number of piperazine rings is 1. The molecule has 2 aromatic heterocycles. The molecule has 0 spiro atoms. The standard InChI is InChI=1S/C18H22N4O3/c1-20(9-6-15-4-7-19-8-5-15)18(24)22-12-10-21(11-13-22)17(23)16-3-2-14-25-16/h2-5,7-8,14H,6,9-13H2,1H3. The number of carbonyl (C=O) groups excluding carboxylic acids is 2. The highest BCUT2D eigenvalue weighted by Gasteiger charge is 2.27. The van der Waals surface area contributed by atoms with Gasteiger partial charge in [0.15, 0.2) is 5.76 Å². The first-order valence-corrected chi connectivity index (χ1v) is 8.37. The number of hydrogen-bond donors (Lipinski definition) is 0. The van der Waals surface area contributed by atoms with Gasteiger partial charge in [-0.3, -0.25) is 9.78 Å². The topological polar surface area (TPSA) is 69.9 Å². The Hall–Kier alpha value is -2.83. The zero-order valence-corrected chi connectivity index (χ0v) is 14.3. The molecule has 7 nitrogen and oxygen atoms in total. The number of carbonyl (C=O) groups is 2. The maximum absolute atomic E-state index is 12.5. The summed E-state index contributed by atoms with van der Waals surface area (Å²) in [4.78, 5) is 34.0. The Kier molecular flexibility index (Phi) is 5.33. The monoisotopic (exact) mass is 342 g/mol. The molecule has 3 heterocycles. The molecular formula is C18H22N4O3. The summed E-state index contributed by atoms with van der Waals surface area (Å²) in [5.41, 5.74) is 1.16. The lowest BCUT2D eigenvalue weighted by Gasteiger charge is -2.36. The zero-order valence-electron chi connectivity index (χ0n) is 14.3. The molecule has 3 rings (SSSR count). The Balaban J connectivity index is 1.47. The van der Waals surface area contributed by atoms with E-state index >= 15 is 0 Å². The van der Waals surface area contributed by atoms with Crippen molar-refractivity contribution in [3.63, 3.8) is 0 Å². The molecule has 0 N–H and O–H groups in total. The second kappa shape index (κ2) is 7.83. The van der Waals surface area contributed by atoms with Crippen LogP contribution in [0.1, 0.15) is 16.1 Å². The van der Waals surface area contributed by atoms with Crippen molar-refractivity contribution in [2.24, 2.45) is 0 Å². The van der Waals surface area contributed by atoms with Gasteiger partial charge in [0.25, 0.3) is 5.91 Å². The smallest absolute Gasteiger partial charge is 0.319 e. The summed E-state index contributed by atoms with van der Waals surface area (Å²) in [5, 5.41) is 0. The van der Waals surface area contributed by atoms with Crippen molar-refractivity contribution in [1.29, 1.82) is 0 Å². The third-order valence-electron chi connectivity index (χ3n) is 4.38. The average molecular weight is 342 g/mol. The van der Waals surface area contributed by atoms with E-state index in [1.165, 1.54) is 6.26 Å². The normalized spacial score (nSPS) is 14.4. The van der Waals surface area contributed by atoms with E-state index in [9.17, 15) is 9.59 Å². The maximum atomic E-state index is 12.5. The average Bonchev–Trinajstić information content (AvgIpc) is 3.20. The summed E-state index contributed by atoms with van der Waals surface area (Å²) < 4.78 is 5.15. The quantitative estimate of drug-likeness (QED) is 0.848. The molecule has 1 saturated heterocycles. The van der Waals surface area contributed by atoms with Crippen LogP contribution in [-0.4, -0.2) is 71.4 Å². The number of likely N-dealkylation sites (N-methyl/N-ethyl adjacent to an activating group) is 1. The molecule has 25 heavy (non-hydrogen) atoms. The highest BCUT2D eigenvalue weighted by molar-refractivity contribution is 5.91. The first kappa shape index (κ1) is 17.0. The van der Waals surface area contributed by atoms with Crippen LogP contribution in [-0.2, 0) is 6.42 Å². The van der Waals surface area contributed by atoms with Gasteiger partial charge in [0, 0.05) is 52.2 Å². The van der Waals surface area contributed by atoms with Gasteiger partial charge < -0.3 is 19.1 Å². The minimum atomic E-state index is -0.122. The van der Waals surface area contributed by atoms with Crippen molar-refractivity contribution in [3.05, 3.63) is 54.2 Å². The molecule has 0 unspecified atom stereocenters. The molecule has 0 saturated carbocycles. The van der Waals surface area contributed by atoms with Gasteiger partial charge in [-0.2, -0.15) is 0 Å². The van der Waals surface area contributed by atoms with Crippen molar-refractivity contribution in [3.8, 4) is 0 Å². The summed E-state index contributed by atoms with van der Waals surface area (Å²) in [6.07, 6.45) is 5.80. The molecule has 1 fully saturated rings. The first-order chi connectivity index (χ1) is 12.1. The Labute approximate surface area is 146 Å². The van der Waals surface area contributed by atoms with Crippen LogP contribution >= 0.6 is 0 Å². The van der Waals surface area contributed by atoms with Crippen molar-refractivity contribution in [2.75, 3.05) is 39.8 Å². The number of hydrogen-bond acceptors (Lipinski definition) is 4. The van der Waals surface area contributed by atoms with Crippen molar-refractivity contribution in [2.45, 2.75) is 6.42 Å². The summed E-state index contributed by atoms with van der Waals surface area (Å²) in [5.74, 6) is 0.220. The highest BCUT2D eigenvalue weighted by atomic mass is 16.3. The first-order valence-electron chi connectivity index (χ1n) is 8.37. The van der Waals surface area contributed by atoms with Gasteiger partial charge in [-0.25, -0.2) is 4.79 Å². The molecule has 0 atom stereocenters. The van der Waals surface area contributed by atoms with Crippen LogP contribution in [0.4, 0.5) is 4.79 Å². The molecule has 0 bridgehead atoms. The Morgan fingerprint density at radius 1 is 1.12 bits per heavy atom. The minimum Gasteiger partial charge on any atom is -0.459 e. The molecular weight excluding hydrogens is 320 g/mol. The van der Waals surface area contributed by atoms with Crippen LogP contribution < -0.4 is 0 Å². The molecule has 2 aromatic rings.